The predicted molar refractivity (Wildman–Crippen MR) is 151 cm³/mol. The third-order valence-electron chi connectivity index (χ3n) is 7.91. The average molecular weight is 588 g/mol. The second-order valence-corrected chi connectivity index (χ2v) is 11.3. The van der Waals surface area contributed by atoms with E-state index in [4.69, 9.17) is 0 Å². The highest BCUT2D eigenvalue weighted by atomic mass is 19.4. The molecule has 2 aliphatic rings. The van der Waals surface area contributed by atoms with Crippen LogP contribution in [0.5, 0.6) is 5.75 Å². The number of alkyl halides is 3. The van der Waals surface area contributed by atoms with Crippen LogP contribution in [0.4, 0.5) is 13.2 Å². The Hall–Kier alpha value is -2.89. The highest BCUT2D eigenvalue weighted by Crippen LogP contribution is 2.42. The highest BCUT2D eigenvalue weighted by Gasteiger charge is 2.37. The molecule has 0 saturated carbocycles. The monoisotopic (exact) mass is 587 g/mol. The van der Waals surface area contributed by atoms with Gasteiger partial charge < -0.3 is 20.8 Å². The van der Waals surface area contributed by atoms with Gasteiger partial charge in [0, 0.05) is 33.9 Å². The Labute approximate surface area is 240 Å². The Morgan fingerprint density at radius 2 is 1.85 bits per heavy atom. The topological polar surface area (TPSA) is 156 Å². The summed E-state index contributed by atoms with van der Waals surface area (Å²) < 4.78 is 38.8. The van der Waals surface area contributed by atoms with Crippen LogP contribution in [-0.2, 0) is 22.4 Å². The Bertz CT molecular complexity index is 1220. The molecule has 3 rings (SSSR count). The first kappa shape index (κ1) is 34.3. The number of benzene rings is 1. The molecule has 1 aromatic carbocycles. The summed E-state index contributed by atoms with van der Waals surface area (Å²) >= 11 is 0. The molecule has 8 nitrogen and oxygen atoms in total. The van der Waals surface area contributed by atoms with E-state index in [0.29, 0.717) is 24.1 Å². The molecule has 3 unspecified atom stereocenters. The van der Waals surface area contributed by atoms with Gasteiger partial charge in [-0.1, -0.05) is 19.9 Å². The molecule has 1 aliphatic heterocycles. The van der Waals surface area contributed by atoms with Gasteiger partial charge in [0.2, 0.25) is 0 Å². The van der Waals surface area contributed by atoms with E-state index in [9.17, 15) is 42.9 Å². The lowest BCUT2D eigenvalue weighted by Gasteiger charge is -2.32. The Morgan fingerprint density at radius 1 is 1.17 bits per heavy atom. The van der Waals surface area contributed by atoms with Crippen molar-refractivity contribution in [2.24, 2.45) is 22.7 Å². The third-order valence-corrected chi connectivity index (χ3v) is 7.91. The number of aliphatic hydroxyl groups is 2. The number of aliphatic imine (C=N–C) groups is 1. The molecule has 0 fully saturated rings. The minimum absolute atomic E-state index is 0. The van der Waals surface area contributed by atoms with Gasteiger partial charge in [0.25, 0.3) is 0 Å². The molecular weight excluding hydrogens is 543 g/mol. The van der Waals surface area contributed by atoms with Crippen molar-refractivity contribution in [1.82, 2.24) is 0 Å². The lowest BCUT2D eigenvalue weighted by Crippen LogP contribution is -2.32. The van der Waals surface area contributed by atoms with Crippen LogP contribution in [-0.4, -0.2) is 63.2 Å². The van der Waals surface area contributed by atoms with E-state index < -0.39 is 30.3 Å². The fraction of sp³-hybridized carbons (Fsp3) is 0.600. The zero-order chi connectivity index (χ0) is 29.8. The fourth-order valence-electron chi connectivity index (χ4n) is 5.97. The maximum absolute atomic E-state index is 13.4. The zero-order valence-electron chi connectivity index (χ0n) is 23.7. The molecule has 41 heavy (non-hydrogen) atoms. The number of aryl methyl sites for hydroxylation is 1. The second kappa shape index (κ2) is 14.3. The summed E-state index contributed by atoms with van der Waals surface area (Å²) in [4.78, 5) is 41.2. The molecule has 0 radical (unpaired) electrons. The minimum atomic E-state index is -4.50. The number of halogens is 3. The Morgan fingerprint density at radius 3 is 2.39 bits per heavy atom. The molecule has 0 bridgehead atoms. The van der Waals surface area contributed by atoms with E-state index in [1.165, 1.54) is 6.92 Å². The van der Waals surface area contributed by atoms with Gasteiger partial charge in [-0.15, -0.1) is 0 Å². The molecular formula is C30H44F3NO7. The fourth-order valence-corrected chi connectivity index (χ4v) is 5.97. The van der Waals surface area contributed by atoms with Crippen LogP contribution in [0, 0.1) is 17.8 Å². The molecule has 0 saturated heterocycles. The number of allylic oxidation sites excluding steroid dienone is 2. The Balaban J connectivity index is 0.00000588. The first-order valence-corrected chi connectivity index (χ1v) is 13.7. The van der Waals surface area contributed by atoms with Gasteiger partial charge in [0.05, 0.1) is 18.6 Å². The number of phenolic OH excluding ortho intramolecular Hbond substituents is 1. The first-order valence-electron chi connectivity index (χ1n) is 13.7. The predicted octanol–water partition coefficient (Wildman–Crippen LogP) is 4.70. The summed E-state index contributed by atoms with van der Waals surface area (Å²) in [6, 6.07) is 1.82. The van der Waals surface area contributed by atoms with Gasteiger partial charge in [0.1, 0.15) is 23.0 Å². The van der Waals surface area contributed by atoms with Crippen molar-refractivity contribution in [2.75, 3.05) is 13.2 Å². The van der Waals surface area contributed by atoms with Gasteiger partial charge in [-0.05, 0) is 79.5 Å². The standard InChI is InChI=1S/C30H38F3NO6.H2O.2H2/c1-16(2)22-14-20(4-5-21-6-7-27(34-21)30(31,32)33)29(40)28-23(22)12-18(13-26(28)39)11-19(8-9-35)24(15-36)25(38)10-17(3)37;;;/h7,14,16,18-19,24,35-36,40H,4-6,8-13,15H2,1-3H3;1H2;2*1H. The van der Waals surface area contributed by atoms with Gasteiger partial charge >= 0.3 is 6.18 Å². The largest absolute Gasteiger partial charge is 0.507 e. The number of rotatable bonds is 13. The van der Waals surface area contributed by atoms with Crippen LogP contribution in [0.1, 0.15) is 95.1 Å². The molecule has 1 aliphatic carbocycles. The molecule has 1 aromatic rings. The van der Waals surface area contributed by atoms with Gasteiger partial charge in [-0.25, -0.2) is 0 Å². The van der Waals surface area contributed by atoms with Gasteiger partial charge in [0.15, 0.2) is 5.78 Å². The maximum atomic E-state index is 13.4. The van der Waals surface area contributed by atoms with Crippen molar-refractivity contribution in [3.05, 3.63) is 40.1 Å². The quantitative estimate of drug-likeness (QED) is 0.284. The van der Waals surface area contributed by atoms with Crippen LogP contribution in [0.3, 0.4) is 0 Å². The van der Waals surface area contributed by atoms with Crippen LogP contribution < -0.4 is 0 Å². The lowest BCUT2D eigenvalue weighted by atomic mass is 9.71. The molecule has 11 heteroatoms. The number of Topliss-reactive ketones (excluding diaryl/α,β-unsaturated/α-hetero) is 3. The first-order chi connectivity index (χ1) is 18.8. The molecule has 5 N–H and O–H groups in total. The number of carbonyl (C=O) groups excluding carboxylic acids is 3. The molecule has 0 aromatic heterocycles. The summed E-state index contributed by atoms with van der Waals surface area (Å²) in [5.41, 5.74) is 1.78. The van der Waals surface area contributed by atoms with E-state index >= 15 is 0 Å². The summed E-state index contributed by atoms with van der Waals surface area (Å²) in [7, 11) is 0. The van der Waals surface area contributed by atoms with Crippen molar-refractivity contribution in [3.63, 3.8) is 0 Å². The molecule has 1 heterocycles. The highest BCUT2D eigenvalue weighted by molar-refractivity contribution is 6.02. The van der Waals surface area contributed by atoms with E-state index in [1.807, 2.05) is 19.9 Å². The Kier molecular flexibility index (Phi) is 12.0. The maximum Gasteiger partial charge on any atom is 0.433 e. The van der Waals surface area contributed by atoms with Crippen molar-refractivity contribution < 1.29 is 51.2 Å². The third kappa shape index (κ3) is 8.33. The van der Waals surface area contributed by atoms with E-state index in [1.54, 1.807) is 0 Å². The number of phenols is 1. The summed E-state index contributed by atoms with van der Waals surface area (Å²) in [5, 5.41) is 30.7. The number of ketones is 3. The minimum Gasteiger partial charge on any atom is -0.507 e. The number of fused-ring (bicyclic) bond motifs is 1. The number of carbonyl (C=O) groups is 3. The summed E-state index contributed by atoms with van der Waals surface area (Å²) in [6.07, 6.45) is -2.02. The number of hydrogen-bond acceptors (Lipinski definition) is 7. The van der Waals surface area contributed by atoms with Crippen LogP contribution >= 0.6 is 0 Å². The van der Waals surface area contributed by atoms with Gasteiger partial charge in [-0.2, -0.15) is 13.2 Å². The molecule has 232 valence electrons. The number of aromatic hydroxyl groups is 1. The van der Waals surface area contributed by atoms with Crippen molar-refractivity contribution in [2.45, 2.75) is 84.2 Å². The number of nitrogens with zero attached hydrogens (tertiary/aromatic N) is 1. The SMILES string of the molecule is CC(=O)CC(=O)C(CO)C(CCO)CC1CC(=O)c2c(O)c(CCC3=NC(C(F)(F)F)=CC3)cc(C(C)C)c2C1.O.[HH].[HH]. The van der Waals surface area contributed by atoms with E-state index in [2.05, 4.69) is 4.99 Å². The summed E-state index contributed by atoms with van der Waals surface area (Å²) in [5.74, 6) is -2.54. The second-order valence-electron chi connectivity index (χ2n) is 11.3. The zero-order valence-corrected chi connectivity index (χ0v) is 23.7. The summed E-state index contributed by atoms with van der Waals surface area (Å²) in [6.45, 7) is 4.55. The normalized spacial score (nSPS) is 18.4. The van der Waals surface area contributed by atoms with Gasteiger partial charge in [-0.3, -0.25) is 19.4 Å². The molecule has 3 atom stereocenters. The van der Waals surface area contributed by atoms with Crippen LogP contribution in [0.2, 0.25) is 0 Å². The average Bonchev–Trinajstić information content (AvgIpc) is 3.33. The smallest absolute Gasteiger partial charge is 0.433 e. The van der Waals surface area contributed by atoms with Crippen molar-refractivity contribution >= 4 is 23.1 Å². The molecule has 0 amide bonds. The molecule has 0 spiro atoms. The lowest BCUT2D eigenvalue weighted by molar-refractivity contribution is -0.131. The van der Waals surface area contributed by atoms with Crippen LogP contribution in [0.25, 0.3) is 0 Å². The number of aliphatic hydroxyl groups excluding tert-OH is 2. The van der Waals surface area contributed by atoms with E-state index in [-0.39, 0.29) is 94.0 Å². The van der Waals surface area contributed by atoms with Crippen molar-refractivity contribution in [1.29, 1.82) is 0 Å². The van der Waals surface area contributed by atoms with Crippen molar-refractivity contribution in [3.8, 4) is 5.75 Å². The van der Waals surface area contributed by atoms with Crippen LogP contribution in [0.15, 0.2) is 22.8 Å². The van der Waals surface area contributed by atoms with E-state index in [0.717, 1.165) is 17.2 Å². The number of hydrogen-bond donors (Lipinski definition) is 3.